The van der Waals surface area contributed by atoms with Crippen molar-refractivity contribution in [2.45, 2.75) is 128 Å². The van der Waals surface area contributed by atoms with Crippen molar-refractivity contribution in [1.82, 2.24) is 0 Å². The topological polar surface area (TPSA) is 35.5 Å². The highest BCUT2D eigenvalue weighted by atomic mass is 16.7. The molecule has 0 N–H and O–H groups in total. The fourth-order valence-corrected chi connectivity index (χ4v) is 4.57. The van der Waals surface area contributed by atoms with E-state index in [4.69, 9.17) is 9.47 Å². The maximum Gasteiger partial charge on any atom is 0.509 e. The van der Waals surface area contributed by atoms with E-state index < -0.39 is 0 Å². The van der Waals surface area contributed by atoms with Gasteiger partial charge in [0.05, 0.1) is 0 Å². The van der Waals surface area contributed by atoms with E-state index in [0.29, 0.717) is 0 Å². The molecule has 0 amide bonds. The quantitative estimate of drug-likeness (QED) is 0.450. The molecule has 0 aromatic heterocycles. The first kappa shape index (κ1) is 19.6. The Hall–Kier alpha value is -0.730. The molecule has 140 valence electrons. The van der Waals surface area contributed by atoms with Gasteiger partial charge in [0.2, 0.25) is 0 Å². The van der Waals surface area contributed by atoms with Gasteiger partial charge >= 0.3 is 6.16 Å². The molecule has 0 aliphatic heterocycles. The fraction of sp³-hybridized carbons (Fsp3) is 0.952. The maximum atomic E-state index is 12.7. The van der Waals surface area contributed by atoms with Gasteiger partial charge in [0.25, 0.3) is 0 Å². The van der Waals surface area contributed by atoms with Crippen molar-refractivity contribution in [3.63, 3.8) is 0 Å². The number of carbonyl (C=O) groups is 1. The summed E-state index contributed by atoms with van der Waals surface area (Å²) < 4.78 is 12.1. The van der Waals surface area contributed by atoms with E-state index >= 15 is 0 Å². The van der Waals surface area contributed by atoms with Crippen LogP contribution in [0.15, 0.2) is 0 Å². The Morgan fingerprint density at radius 3 is 1.42 bits per heavy atom. The number of unbranched alkanes of at least 4 members (excludes halogenated alkanes) is 2. The number of hydrogen-bond acceptors (Lipinski definition) is 3. The van der Waals surface area contributed by atoms with Crippen molar-refractivity contribution < 1.29 is 14.3 Å². The van der Waals surface area contributed by atoms with E-state index in [1.54, 1.807) is 0 Å². The van der Waals surface area contributed by atoms with E-state index in [0.717, 1.165) is 64.2 Å². The number of hydrogen-bond donors (Lipinski definition) is 0. The minimum absolute atomic E-state index is 0.244. The summed E-state index contributed by atoms with van der Waals surface area (Å²) >= 11 is 0. The van der Waals surface area contributed by atoms with Crippen molar-refractivity contribution in [3.8, 4) is 0 Å². The second kappa shape index (κ2) is 9.68. The van der Waals surface area contributed by atoms with Crippen LogP contribution in [0.25, 0.3) is 0 Å². The maximum absolute atomic E-state index is 12.7. The molecule has 0 spiro atoms. The van der Waals surface area contributed by atoms with Gasteiger partial charge in [-0.05, 0) is 77.0 Å². The van der Waals surface area contributed by atoms with Crippen LogP contribution in [0.4, 0.5) is 4.79 Å². The number of rotatable bonds is 8. The average molecular weight is 339 g/mol. The highest BCUT2D eigenvalue weighted by molar-refractivity contribution is 5.61. The van der Waals surface area contributed by atoms with E-state index in [2.05, 4.69) is 13.8 Å². The molecule has 0 aromatic carbocycles. The summed E-state index contributed by atoms with van der Waals surface area (Å²) in [5, 5.41) is 0. The van der Waals surface area contributed by atoms with Gasteiger partial charge in [-0.3, -0.25) is 0 Å². The third kappa shape index (κ3) is 5.67. The Kier molecular flexibility index (Phi) is 7.90. The van der Waals surface area contributed by atoms with Crippen LogP contribution in [-0.2, 0) is 9.47 Å². The van der Waals surface area contributed by atoms with Gasteiger partial charge in [-0.15, -0.1) is 0 Å². The molecule has 0 saturated heterocycles. The SMILES string of the molecule is CCCCC1(OC(=O)OC2(CCCC)CCCCC2)CCCCC1. The lowest BCUT2D eigenvalue weighted by Crippen LogP contribution is -2.42. The molecule has 2 saturated carbocycles. The fourth-order valence-electron chi connectivity index (χ4n) is 4.57. The van der Waals surface area contributed by atoms with Crippen LogP contribution in [-0.4, -0.2) is 17.4 Å². The largest absolute Gasteiger partial charge is 0.509 e. The summed E-state index contributed by atoms with van der Waals surface area (Å²) in [6.07, 6.45) is 17.5. The Morgan fingerprint density at radius 2 is 1.08 bits per heavy atom. The first-order valence-corrected chi connectivity index (χ1v) is 10.6. The summed E-state index contributed by atoms with van der Waals surface area (Å²) in [6, 6.07) is 0. The molecule has 3 heteroatoms. The predicted octanol–water partition coefficient (Wildman–Crippen LogP) is 6.93. The lowest BCUT2D eigenvalue weighted by molar-refractivity contribution is -0.108. The summed E-state index contributed by atoms with van der Waals surface area (Å²) in [7, 11) is 0. The van der Waals surface area contributed by atoms with Crippen LogP contribution in [0.3, 0.4) is 0 Å². The van der Waals surface area contributed by atoms with Gasteiger partial charge in [-0.1, -0.05) is 39.5 Å². The van der Waals surface area contributed by atoms with Crippen molar-refractivity contribution in [1.29, 1.82) is 0 Å². The highest BCUT2D eigenvalue weighted by Gasteiger charge is 2.40. The van der Waals surface area contributed by atoms with Crippen molar-refractivity contribution in [3.05, 3.63) is 0 Å². The molecular weight excluding hydrogens is 300 g/mol. The molecular formula is C21H38O3. The van der Waals surface area contributed by atoms with Crippen LogP contribution in [0.5, 0.6) is 0 Å². The summed E-state index contributed by atoms with van der Waals surface area (Å²) in [4.78, 5) is 12.7. The molecule has 0 radical (unpaired) electrons. The number of carbonyl (C=O) groups excluding carboxylic acids is 1. The van der Waals surface area contributed by atoms with Gasteiger partial charge < -0.3 is 9.47 Å². The van der Waals surface area contributed by atoms with Crippen molar-refractivity contribution in [2.75, 3.05) is 0 Å². The van der Waals surface area contributed by atoms with Gasteiger partial charge in [0.1, 0.15) is 11.2 Å². The zero-order valence-electron chi connectivity index (χ0n) is 16.0. The van der Waals surface area contributed by atoms with E-state index in [-0.39, 0.29) is 17.4 Å². The van der Waals surface area contributed by atoms with Crippen molar-refractivity contribution >= 4 is 6.16 Å². The Labute approximate surface area is 148 Å². The third-order valence-electron chi connectivity index (χ3n) is 6.10. The average Bonchev–Trinajstić information content (AvgIpc) is 2.60. The molecule has 0 aromatic rings. The molecule has 24 heavy (non-hydrogen) atoms. The van der Waals surface area contributed by atoms with Crippen LogP contribution in [0.1, 0.15) is 117 Å². The van der Waals surface area contributed by atoms with Gasteiger partial charge in [0, 0.05) is 0 Å². The zero-order chi connectivity index (χ0) is 17.3. The van der Waals surface area contributed by atoms with Crippen LogP contribution in [0, 0.1) is 0 Å². The summed E-state index contributed by atoms with van der Waals surface area (Å²) in [5.41, 5.74) is -0.488. The normalized spacial score (nSPS) is 22.8. The molecule has 0 atom stereocenters. The molecule has 0 unspecified atom stereocenters. The van der Waals surface area contributed by atoms with Gasteiger partial charge in [-0.25, -0.2) is 4.79 Å². The molecule has 2 aliphatic carbocycles. The molecule has 2 fully saturated rings. The van der Waals surface area contributed by atoms with E-state index in [9.17, 15) is 4.79 Å². The zero-order valence-corrected chi connectivity index (χ0v) is 16.0. The standard InChI is InChI=1S/C21H38O3/c1-3-5-13-20(15-9-7-10-16-20)23-19(22)24-21(14-6-4-2)17-11-8-12-18-21/h3-18H2,1-2H3. The number of ether oxygens (including phenoxy) is 2. The highest BCUT2D eigenvalue weighted by Crippen LogP contribution is 2.39. The van der Waals surface area contributed by atoms with Crippen LogP contribution in [0.2, 0.25) is 0 Å². The lowest BCUT2D eigenvalue weighted by atomic mass is 9.81. The molecule has 3 nitrogen and oxygen atoms in total. The molecule has 0 bridgehead atoms. The Bertz CT molecular complexity index is 331. The van der Waals surface area contributed by atoms with E-state index in [1.165, 1.54) is 38.5 Å². The minimum Gasteiger partial charge on any atom is -0.428 e. The second-order valence-electron chi connectivity index (χ2n) is 8.15. The first-order valence-electron chi connectivity index (χ1n) is 10.6. The molecule has 2 aliphatic rings. The predicted molar refractivity (Wildman–Crippen MR) is 98.2 cm³/mol. The van der Waals surface area contributed by atoms with Crippen LogP contribution < -0.4 is 0 Å². The smallest absolute Gasteiger partial charge is 0.428 e. The lowest BCUT2D eigenvalue weighted by Gasteiger charge is -2.40. The second-order valence-corrected chi connectivity index (χ2v) is 8.15. The third-order valence-corrected chi connectivity index (χ3v) is 6.10. The molecule has 0 heterocycles. The first-order chi connectivity index (χ1) is 11.6. The van der Waals surface area contributed by atoms with Gasteiger partial charge in [-0.2, -0.15) is 0 Å². The summed E-state index contributed by atoms with van der Waals surface area (Å²) in [6.45, 7) is 4.41. The van der Waals surface area contributed by atoms with E-state index in [1.807, 2.05) is 0 Å². The monoisotopic (exact) mass is 338 g/mol. The Balaban J connectivity index is 1.96. The van der Waals surface area contributed by atoms with Gasteiger partial charge in [0.15, 0.2) is 0 Å². The molecule has 2 rings (SSSR count). The van der Waals surface area contributed by atoms with Crippen LogP contribution >= 0.6 is 0 Å². The van der Waals surface area contributed by atoms with Crippen molar-refractivity contribution in [2.24, 2.45) is 0 Å². The Morgan fingerprint density at radius 1 is 0.708 bits per heavy atom. The summed E-state index contributed by atoms with van der Waals surface area (Å²) in [5.74, 6) is 0. The minimum atomic E-state index is -0.383.